The van der Waals surface area contributed by atoms with Crippen molar-refractivity contribution in [3.63, 3.8) is 0 Å². The van der Waals surface area contributed by atoms with Crippen molar-refractivity contribution >= 4 is 11.3 Å². The van der Waals surface area contributed by atoms with Crippen molar-refractivity contribution in [2.45, 2.75) is 12.0 Å². The van der Waals surface area contributed by atoms with E-state index in [1.807, 2.05) is 41.8 Å². The lowest BCUT2D eigenvalue weighted by Crippen LogP contribution is -2.19. The Kier molecular flexibility index (Phi) is 4.36. The van der Waals surface area contributed by atoms with Crippen molar-refractivity contribution in [3.05, 3.63) is 52.2 Å². The summed E-state index contributed by atoms with van der Waals surface area (Å²) in [6.45, 7) is 0.424. The Hall–Kier alpha value is -1.36. The third kappa shape index (κ3) is 2.72. The van der Waals surface area contributed by atoms with Crippen LogP contribution in [0.5, 0.6) is 5.75 Å². The highest BCUT2D eigenvalue weighted by Crippen LogP contribution is 2.33. The van der Waals surface area contributed by atoms with Gasteiger partial charge in [0.25, 0.3) is 0 Å². The molecule has 0 spiro atoms. The van der Waals surface area contributed by atoms with Gasteiger partial charge in [0.15, 0.2) is 0 Å². The van der Waals surface area contributed by atoms with Crippen LogP contribution in [0.15, 0.2) is 41.8 Å². The van der Waals surface area contributed by atoms with Crippen LogP contribution in [-0.2, 0) is 0 Å². The van der Waals surface area contributed by atoms with E-state index in [9.17, 15) is 5.11 Å². The van der Waals surface area contributed by atoms with Crippen LogP contribution in [-0.4, -0.2) is 18.8 Å². The van der Waals surface area contributed by atoms with E-state index in [2.05, 4.69) is 0 Å². The largest absolute Gasteiger partial charge is 0.497 e. The molecule has 0 bridgehead atoms. The van der Waals surface area contributed by atoms with Gasteiger partial charge in [-0.3, -0.25) is 0 Å². The first kappa shape index (κ1) is 13.1. The fraction of sp³-hybridized carbons (Fsp3) is 0.286. The molecule has 3 N–H and O–H groups in total. The third-order valence-corrected chi connectivity index (χ3v) is 4.01. The second-order valence-corrected chi connectivity index (χ2v) is 5.05. The summed E-state index contributed by atoms with van der Waals surface area (Å²) in [5, 5.41) is 12.4. The predicted molar refractivity (Wildman–Crippen MR) is 74.1 cm³/mol. The molecule has 0 aliphatic rings. The Morgan fingerprint density at radius 3 is 2.50 bits per heavy atom. The van der Waals surface area contributed by atoms with Crippen LogP contribution in [0.4, 0.5) is 0 Å². The molecule has 0 aliphatic carbocycles. The van der Waals surface area contributed by atoms with Gasteiger partial charge in [0, 0.05) is 17.3 Å². The molecule has 2 unspecified atom stereocenters. The van der Waals surface area contributed by atoms with E-state index in [0.717, 1.165) is 16.2 Å². The number of thiophene rings is 1. The first-order valence-corrected chi connectivity index (χ1v) is 6.69. The summed E-state index contributed by atoms with van der Waals surface area (Å²) in [5.74, 6) is 0.727. The molecule has 2 rings (SSSR count). The first-order chi connectivity index (χ1) is 8.76. The number of benzene rings is 1. The van der Waals surface area contributed by atoms with Gasteiger partial charge >= 0.3 is 0 Å². The zero-order chi connectivity index (χ0) is 13.0. The quantitative estimate of drug-likeness (QED) is 0.871. The Bertz CT molecular complexity index is 467. The average Bonchev–Trinajstić information content (AvgIpc) is 2.93. The molecule has 96 valence electrons. The van der Waals surface area contributed by atoms with Gasteiger partial charge in [0.2, 0.25) is 0 Å². The van der Waals surface area contributed by atoms with Crippen molar-refractivity contribution in [1.82, 2.24) is 0 Å². The molecule has 0 saturated heterocycles. The number of rotatable bonds is 5. The van der Waals surface area contributed by atoms with E-state index in [0.29, 0.717) is 6.54 Å². The maximum Gasteiger partial charge on any atom is 0.118 e. The summed E-state index contributed by atoms with van der Waals surface area (Å²) in [6, 6.07) is 11.4. The van der Waals surface area contributed by atoms with Crippen LogP contribution in [0.1, 0.15) is 22.5 Å². The minimum absolute atomic E-state index is 0.0570. The Morgan fingerprint density at radius 1 is 1.28 bits per heavy atom. The molecule has 1 aromatic carbocycles. The van der Waals surface area contributed by atoms with Crippen molar-refractivity contribution in [1.29, 1.82) is 0 Å². The molecule has 18 heavy (non-hydrogen) atoms. The molecule has 4 heteroatoms. The minimum Gasteiger partial charge on any atom is -0.497 e. The van der Waals surface area contributed by atoms with Crippen LogP contribution in [0.3, 0.4) is 0 Å². The second kappa shape index (κ2) is 6.00. The maximum atomic E-state index is 10.4. The summed E-state index contributed by atoms with van der Waals surface area (Å²) < 4.78 is 5.10. The Balaban J connectivity index is 2.20. The number of aliphatic hydroxyl groups is 1. The monoisotopic (exact) mass is 263 g/mol. The number of hydrogen-bond donors (Lipinski definition) is 2. The molecule has 0 fully saturated rings. The molecule has 2 aromatic rings. The fourth-order valence-corrected chi connectivity index (χ4v) is 2.81. The summed E-state index contributed by atoms with van der Waals surface area (Å²) >= 11 is 1.62. The van der Waals surface area contributed by atoms with Gasteiger partial charge in [0.05, 0.1) is 13.2 Å². The van der Waals surface area contributed by atoms with Crippen molar-refractivity contribution < 1.29 is 9.84 Å². The highest BCUT2D eigenvalue weighted by atomic mass is 32.1. The molecular weight excluding hydrogens is 246 g/mol. The molecular formula is C14H17NO2S. The number of methoxy groups -OCH3 is 1. The van der Waals surface area contributed by atoms with Gasteiger partial charge in [0.1, 0.15) is 5.75 Å². The number of aliphatic hydroxyl groups excluding tert-OH is 1. The van der Waals surface area contributed by atoms with Gasteiger partial charge in [-0.05, 0) is 29.1 Å². The SMILES string of the molecule is COc1ccc(C(O)C(CN)c2cccs2)cc1. The number of nitrogens with two attached hydrogens (primary N) is 1. The molecule has 1 aromatic heterocycles. The molecule has 3 nitrogen and oxygen atoms in total. The van der Waals surface area contributed by atoms with Gasteiger partial charge in [-0.15, -0.1) is 11.3 Å². The topological polar surface area (TPSA) is 55.5 Å². The highest BCUT2D eigenvalue weighted by molar-refractivity contribution is 7.10. The van der Waals surface area contributed by atoms with Crippen molar-refractivity contribution in [2.75, 3.05) is 13.7 Å². The van der Waals surface area contributed by atoms with E-state index in [4.69, 9.17) is 10.5 Å². The van der Waals surface area contributed by atoms with Crippen LogP contribution < -0.4 is 10.5 Å². The summed E-state index contributed by atoms with van der Waals surface area (Å²) in [4.78, 5) is 1.11. The third-order valence-electron chi connectivity index (χ3n) is 3.00. The zero-order valence-corrected chi connectivity index (χ0v) is 11.1. The number of hydrogen-bond acceptors (Lipinski definition) is 4. The Labute approximate surface area is 111 Å². The maximum absolute atomic E-state index is 10.4. The molecule has 0 aliphatic heterocycles. The lowest BCUT2D eigenvalue weighted by Gasteiger charge is -2.20. The molecule has 0 amide bonds. The molecule has 0 saturated carbocycles. The van der Waals surface area contributed by atoms with E-state index in [1.54, 1.807) is 18.4 Å². The summed E-state index contributed by atoms with van der Waals surface area (Å²) in [6.07, 6.45) is -0.584. The van der Waals surface area contributed by atoms with Gasteiger partial charge in [-0.25, -0.2) is 0 Å². The normalized spacial score (nSPS) is 14.2. The lowest BCUT2D eigenvalue weighted by atomic mass is 9.94. The van der Waals surface area contributed by atoms with Crippen molar-refractivity contribution in [2.24, 2.45) is 5.73 Å². The smallest absolute Gasteiger partial charge is 0.118 e. The summed E-state index contributed by atoms with van der Waals surface area (Å²) in [5.41, 5.74) is 6.64. The van der Waals surface area contributed by atoms with Crippen LogP contribution in [0, 0.1) is 0 Å². The van der Waals surface area contributed by atoms with Gasteiger partial charge in [-0.2, -0.15) is 0 Å². The predicted octanol–water partition coefficient (Wildman–Crippen LogP) is 2.53. The van der Waals surface area contributed by atoms with E-state index in [1.165, 1.54) is 0 Å². The van der Waals surface area contributed by atoms with Crippen molar-refractivity contribution in [3.8, 4) is 5.75 Å². The van der Waals surface area contributed by atoms with E-state index >= 15 is 0 Å². The standard InChI is InChI=1S/C14H17NO2S/c1-17-11-6-4-10(5-7-11)14(16)12(9-15)13-3-2-8-18-13/h2-8,12,14,16H,9,15H2,1H3. The minimum atomic E-state index is -0.584. The van der Waals surface area contributed by atoms with Gasteiger partial charge in [-0.1, -0.05) is 18.2 Å². The van der Waals surface area contributed by atoms with Crippen LogP contribution in [0.2, 0.25) is 0 Å². The van der Waals surface area contributed by atoms with Gasteiger partial charge < -0.3 is 15.6 Å². The van der Waals surface area contributed by atoms with Crippen LogP contribution >= 0.6 is 11.3 Å². The fourth-order valence-electron chi connectivity index (χ4n) is 1.94. The molecule has 0 radical (unpaired) electrons. The molecule has 2 atom stereocenters. The molecule has 1 heterocycles. The highest BCUT2D eigenvalue weighted by Gasteiger charge is 2.22. The lowest BCUT2D eigenvalue weighted by molar-refractivity contribution is 0.148. The van der Waals surface area contributed by atoms with Crippen LogP contribution in [0.25, 0.3) is 0 Å². The van der Waals surface area contributed by atoms with E-state index < -0.39 is 6.10 Å². The summed E-state index contributed by atoms with van der Waals surface area (Å²) in [7, 11) is 1.62. The second-order valence-electron chi connectivity index (χ2n) is 4.08. The zero-order valence-electron chi connectivity index (χ0n) is 10.2. The first-order valence-electron chi connectivity index (χ1n) is 5.81. The Morgan fingerprint density at radius 2 is 2.00 bits per heavy atom. The average molecular weight is 263 g/mol. The van der Waals surface area contributed by atoms with E-state index in [-0.39, 0.29) is 5.92 Å². The number of ether oxygens (including phenoxy) is 1.